The van der Waals surface area contributed by atoms with E-state index in [4.69, 9.17) is 5.11 Å². The fraction of sp³-hybridized carbons (Fsp3) is 0.955. The zero-order valence-electron chi connectivity index (χ0n) is 16.9. The molecule has 2 aliphatic carbocycles. The second-order valence-corrected chi connectivity index (χ2v) is 9.01. The van der Waals surface area contributed by atoms with Gasteiger partial charge in [0.1, 0.15) is 6.17 Å². The Balaban J connectivity index is 1.70. The van der Waals surface area contributed by atoms with Crippen molar-refractivity contribution in [2.45, 2.75) is 115 Å². The van der Waals surface area contributed by atoms with Gasteiger partial charge in [-0.15, -0.1) is 0 Å². The standard InChI is InChI=1S/C22H39FO4/c1-2-22(13-8-14-22)20(25)11-7-10-17-16(18(23)15-19(17)24)9-5-3-4-6-12-21(26)27/h16-20,24-25H,2-15H2,1H3,(H,26,27)/t16-,17-,18-,19-,20+/m1/s1. The van der Waals surface area contributed by atoms with Crippen LogP contribution in [0.15, 0.2) is 0 Å². The van der Waals surface area contributed by atoms with Crippen LogP contribution < -0.4 is 0 Å². The smallest absolute Gasteiger partial charge is 0.303 e. The lowest BCUT2D eigenvalue weighted by Gasteiger charge is -2.45. The molecule has 2 saturated carbocycles. The number of halogens is 1. The van der Waals surface area contributed by atoms with E-state index in [1.54, 1.807) is 0 Å². The van der Waals surface area contributed by atoms with Crippen LogP contribution in [0.1, 0.15) is 96.8 Å². The molecule has 3 N–H and O–H groups in total. The Morgan fingerprint density at radius 1 is 1.11 bits per heavy atom. The number of aliphatic hydroxyl groups excluding tert-OH is 2. The van der Waals surface area contributed by atoms with E-state index < -0.39 is 18.2 Å². The molecule has 2 fully saturated rings. The molecule has 2 aliphatic rings. The van der Waals surface area contributed by atoms with Crippen molar-refractivity contribution in [1.82, 2.24) is 0 Å². The first-order valence-corrected chi connectivity index (χ1v) is 11.1. The van der Waals surface area contributed by atoms with Gasteiger partial charge >= 0.3 is 5.97 Å². The highest BCUT2D eigenvalue weighted by Crippen LogP contribution is 2.48. The maximum absolute atomic E-state index is 14.4. The molecular formula is C22H39FO4. The van der Waals surface area contributed by atoms with Gasteiger partial charge in [-0.25, -0.2) is 4.39 Å². The molecule has 27 heavy (non-hydrogen) atoms. The van der Waals surface area contributed by atoms with Crippen LogP contribution in [0.2, 0.25) is 0 Å². The molecular weight excluding hydrogens is 347 g/mol. The zero-order chi connectivity index (χ0) is 19.9. The number of unbranched alkanes of at least 4 members (excludes halogenated alkanes) is 3. The van der Waals surface area contributed by atoms with Gasteiger partial charge in [0.2, 0.25) is 0 Å². The average molecular weight is 387 g/mol. The second kappa shape index (κ2) is 10.8. The van der Waals surface area contributed by atoms with Crippen molar-refractivity contribution >= 4 is 5.97 Å². The number of carboxylic acids is 1. The van der Waals surface area contributed by atoms with Gasteiger partial charge < -0.3 is 15.3 Å². The molecule has 0 aromatic rings. The molecule has 0 amide bonds. The Morgan fingerprint density at radius 2 is 1.78 bits per heavy atom. The minimum absolute atomic E-state index is 0.00480. The summed E-state index contributed by atoms with van der Waals surface area (Å²) in [5, 5.41) is 29.5. The zero-order valence-corrected chi connectivity index (χ0v) is 16.9. The van der Waals surface area contributed by atoms with Crippen molar-refractivity contribution in [2.24, 2.45) is 17.3 Å². The fourth-order valence-electron chi connectivity index (χ4n) is 5.35. The van der Waals surface area contributed by atoms with Crippen LogP contribution in [-0.2, 0) is 4.79 Å². The van der Waals surface area contributed by atoms with Gasteiger partial charge in [0.15, 0.2) is 0 Å². The fourth-order valence-corrected chi connectivity index (χ4v) is 5.35. The summed E-state index contributed by atoms with van der Waals surface area (Å²) in [5.74, 6) is -0.836. The minimum Gasteiger partial charge on any atom is -0.481 e. The van der Waals surface area contributed by atoms with Crippen molar-refractivity contribution in [1.29, 1.82) is 0 Å². The third kappa shape index (κ3) is 6.15. The summed E-state index contributed by atoms with van der Waals surface area (Å²) in [5.41, 5.74) is 0.117. The summed E-state index contributed by atoms with van der Waals surface area (Å²) in [6.07, 6.45) is 9.74. The van der Waals surface area contributed by atoms with Crippen LogP contribution in [0, 0.1) is 17.3 Å². The SMILES string of the molecule is CCC1([C@@H](O)CCC[C@@H]2[C@@H](CCCCCCC(=O)O)[C@H](F)C[C@H]2O)CCC1. The van der Waals surface area contributed by atoms with Crippen LogP contribution in [0.5, 0.6) is 0 Å². The molecule has 0 radical (unpaired) electrons. The monoisotopic (exact) mass is 386 g/mol. The van der Waals surface area contributed by atoms with Gasteiger partial charge in [-0.05, 0) is 62.2 Å². The summed E-state index contributed by atoms with van der Waals surface area (Å²) in [7, 11) is 0. The lowest BCUT2D eigenvalue weighted by Crippen LogP contribution is -2.40. The second-order valence-electron chi connectivity index (χ2n) is 9.01. The Labute approximate surface area is 163 Å². The van der Waals surface area contributed by atoms with Crippen molar-refractivity contribution in [3.05, 3.63) is 0 Å². The molecule has 5 atom stereocenters. The maximum Gasteiger partial charge on any atom is 0.303 e. The van der Waals surface area contributed by atoms with E-state index in [-0.39, 0.29) is 36.2 Å². The predicted octanol–water partition coefficient (Wildman–Crippen LogP) is 4.86. The first-order valence-electron chi connectivity index (χ1n) is 11.1. The Kier molecular flexibility index (Phi) is 9.00. The molecule has 158 valence electrons. The van der Waals surface area contributed by atoms with Crippen LogP contribution in [0.3, 0.4) is 0 Å². The van der Waals surface area contributed by atoms with Crippen molar-refractivity contribution < 1.29 is 24.5 Å². The summed E-state index contributed by atoms with van der Waals surface area (Å²) in [6, 6.07) is 0. The van der Waals surface area contributed by atoms with E-state index in [9.17, 15) is 19.4 Å². The van der Waals surface area contributed by atoms with Gasteiger partial charge in [0.05, 0.1) is 12.2 Å². The van der Waals surface area contributed by atoms with Crippen molar-refractivity contribution in [3.63, 3.8) is 0 Å². The largest absolute Gasteiger partial charge is 0.481 e. The van der Waals surface area contributed by atoms with Gasteiger partial charge in [-0.2, -0.15) is 0 Å². The van der Waals surface area contributed by atoms with E-state index in [0.29, 0.717) is 6.42 Å². The Bertz CT molecular complexity index is 446. The lowest BCUT2D eigenvalue weighted by molar-refractivity contribution is -0.137. The van der Waals surface area contributed by atoms with Gasteiger partial charge in [0, 0.05) is 12.8 Å². The highest BCUT2D eigenvalue weighted by molar-refractivity contribution is 5.66. The van der Waals surface area contributed by atoms with E-state index in [1.165, 1.54) is 6.42 Å². The number of carbonyl (C=O) groups is 1. The molecule has 0 aromatic carbocycles. The number of hydrogen-bond acceptors (Lipinski definition) is 3. The molecule has 0 saturated heterocycles. The van der Waals surface area contributed by atoms with Crippen molar-refractivity contribution in [3.8, 4) is 0 Å². The average Bonchev–Trinajstić information content (AvgIpc) is 2.84. The molecule has 0 spiro atoms. The van der Waals surface area contributed by atoms with Crippen LogP contribution >= 0.6 is 0 Å². The quantitative estimate of drug-likeness (QED) is 0.395. The lowest BCUT2D eigenvalue weighted by atomic mass is 9.62. The molecule has 0 bridgehead atoms. The molecule has 0 aromatic heterocycles. The highest BCUT2D eigenvalue weighted by atomic mass is 19.1. The first kappa shape index (κ1) is 22.6. The van der Waals surface area contributed by atoms with E-state index in [0.717, 1.165) is 64.2 Å². The Hall–Kier alpha value is -0.680. The van der Waals surface area contributed by atoms with Crippen LogP contribution in [0.25, 0.3) is 0 Å². The molecule has 0 aliphatic heterocycles. The maximum atomic E-state index is 14.4. The number of carboxylic acid groups (broad SMARTS) is 1. The summed E-state index contributed by atoms with van der Waals surface area (Å²) >= 11 is 0. The summed E-state index contributed by atoms with van der Waals surface area (Å²) < 4.78 is 14.4. The number of aliphatic hydroxyl groups is 2. The van der Waals surface area contributed by atoms with Gasteiger partial charge in [0.25, 0.3) is 0 Å². The predicted molar refractivity (Wildman–Crippen MR) is 104 cm³/mol. The van der Waals surface area contributed by atoms with E-state index in [1.807, 2.05) is 0 Å². The van der Waals surface area contributed by atoms with E-state index >= 15 is 0 Å². The number of aliphatic carboxylic acids is 1. The number of rotatable bonds is 13. The third-order valence-corrected chi connectivity index (χ3v) is 7.43. The molecule has 4 nitrogen and oxygen atoms in total. The number of alkyl halides is 1. The molecule has 0 heterocycles. The summed E-state index contributed by atoms with van der Waals surface area (Å²) in [4.78, 5) is 10.5. The Morgan fingerprint density at radius 3 is 2.37 bits per heavy atom. The van der Waals surface area contributed by atoms with Crippen LogP contribution in [0.4, 0.5) is 4.39 Å². The first-order chi connectivity index (χ1) is 12.9. The normalized spacial score (nSPS) is 30.8. The van der Waals surface area contributed by atoms with Crippen LogP contribution in [-0.4, -0.2) is 39.7 Å². The van der Waals surface area contributed by atoms with Gasteiger partial charge in [-0.1, -0.05) is 39.0 Å². The molecule has 0 unspecified atom stereocenters. The van der Waals surface area contributed by atoms with Gasteiger partial charge in [-0.3, -0.25) is 4.79 Å². The number of hydrogen-bond donors (Lipinski definition) is 3. The molecule has 2 rings (SSSR count). The van der Waals surface area contributed by atoms with E-state index in [2.05, 4.69) is 6.92 Å². The topological polar surface area (TPSA) is 77.8 Å². The minimum atomic E-state index is -0.928. The third-order valence-electron chi connectivity index (χ3n) is 7.43. The summed E-state index contributed by atoms with van der Waals surface area (Å²) in [6.45, 7) is 2.16. The highest BCUT2D eigenvalue weighted by Gasteiger charge is 2.43. The molecule has 5 heteroatoms. The van der Waals surface area contributed by atoms with Crippen molar-refractivity contribution in [2.75, 3.05) is 0 Å².